The fraction of sp³-hybridized carbons (Fsp3) is 0.750. The number of aliphatic hydroxyl groups is 1. The molecule has 0 saturated heterocycles. The summed E-state index contributed by atoms with van der Waals surface area (Å²) in [5.74, 6) is 0.711. The highest BCUT2D eigenvalue weighted by Gasteiger charge is 2.30. The van der Waals surface area contributed by atoms with Crippen LogP contribution >= 0.6 is 0 Å². The topological polar surface area (TPSA) is 92.4 Å². The molecule has 0 bridgehead atoms. The highest BCUT2D eigenvalue weighted by Crippen LogP contribution is 2.31. The normalized spacial score (nSPS) is 23.9. The molecule has 2 rings (SSSR count). The Labute approximate surface area is 113 Å². The van der Waals surface area contributed by atoms with Crippen molar-refractivity contribution >= 4 is 10.0 Å². The standard InChI is InChI=1S/C12H20N2O4S/c1-8-12(9(2)18-14-8)19(16,17)13-6-10-4-3-5-11(10)7-15/h10-11,13,15H,3-7H2,1-2H3. The van der Waals surface area contributed by atoms with E-state index in [0.29, 0.717) is 18.0 Å². The minimum absolute atomic E-state index is 0.123. The molecule has 1 saturated carbocycles. The maximum atomic E-state index is 12.2. The molecule has 1 aliphatic carbocycles. The third-order valence-electron chi connectivity index (χ3n) is 3.82. The van der Waals surface area contributed by atoms with E-state index in [4.69, 9.17) is 4.52 Å². The molecule has 0 aliphatic heterocycles. The van der Waals surface area contributed by atoms with Crippen LogP contribution in [0.25, 0.3) is 0 Å². The first-order valence-electron chi connectivity index (χ1n) is 6.49. The summed E-state index contributed by atoms with van der Waals surface area (Å²) in [4.78, 5) is 0.131. The van der Waals surface area contributed by atoms with E-state index >= 15 is 0 Å². The maximum Gasteiger partial charge on any atom is 0.245 e. The van der Waals surface area contributed by atoms with Gasteiger partial charge in [-0.15, -0.1) is 0 Å². The summed E-state index contributed by atoms with van der Waals surface area (Å²) in [6.45, 7) is 3.67. The molecule has 0 aromatic carbocycles. The monoisotopic (exact) mass is 288 g/mol. The number of hydrogen-bond acceptors (Lipinski definition) is 5. The van der Waals surface area contributed by atoms with Gasteiger partial charge in [-0.25, -0.2) is 13.1 Å². The van der Waals surface area contributed by atoms with Crippen molar-refractivity contribution in [2.24, 2.45) is 11.8 Å². The average molecular weight is 288 g/mol. The van der Waals surface area contributed by atoms with Crippen molar-refractivity contribution in [2.75, 3.05) is 13.2 Å². The van der Waals surface area contributed by atoms with Gasteiger partial charge in [0, 0.05) is 13.2 Å². The Kier molecular flexibility index (Phi) is 4.27. The van der Waals surface area contributed by atoms with Crippen LogP contribution in [0.5, 0.6) is 0 Å². The number of hydrogen-bond donors (Lipinski definition) is 2. The highest BCUT2D eigenvalue weighted by molar-refractivity contribution is 7.89. The lowest BCUT2D eigenvalue weighted by molar-refractivity contribution is 0.195. The van der Waals surface area contributed by atoms with Crippen molar-refractivity contribution in [1.29, 1.82) is 0 Å². The maximum absolute atomic E-state index is 12.2. The molecule has 7 heteroatoms. The van der Waals surface area contributed by atoms with Gasteiger partial charge in [-0.1, -0.05) is 11.6 Å². The molecule has 0 spiro atoms. The molecule has 0 radical (unpaired) electrons. The lowest BCUT2D eigenvalue weighted by Crippen LogP contribution is -2.32. The number of aryl methyl sites for hydroxylation is 2. The summed E-state index contributed by atoms with van der Waals surface area (Å²) in [6, 6.07) is 0. The summed E-state index contributed by atoms with van der Waals surface area (Å²) in [7, 11) is -3.59. The molecule has 2 N–H and O–H groups in total. The fourth-order valence-corrected chi connectivity index (χ4v) is 4.19. The fourth-order valence-electron chi connectivity index (χ4n) is 2.77. The van der Waals surface area contributed by atoms with E-state index in [1.807, 2.05) is 0 Å². The molecule has 1 aromatic rings. The van der Waals surface area contributed by atoms with Crippen molar-refractivity contribution in [3.63, 3.8) is 0 Å². The minimum atomic E-state index is -3.59. The zero-order valence-corrected chi connectivity index (χ0v) is 12.0. The molecule has 108 valence electrons. The molecule has 6 nitrogen and oxygen atoms in total. The lowest BCUT2D eigenvalue weighted by atomic mass is 9.97. The third kappa shape index (κ3) is 2.98. The Hall–Kier alpha value is -0.920. The Morgan fingerprint density at radius 3 is 2.63 bits per heavy atom. The van der Waals surface area contributed by atoms with Crippen molar-refractivity contribution < 1.29 is 18.0 Å². The van der Waals surface area contributed by atoms with E-state index in [2.05, 4.69) is 9.88 Å². The summed E-state index contributed by atoms with van der Waals surface area (Å²) in [6.07, 6.45) is 2.96. The van der Waals surface area contributed by atoms with Gasteiger partial charge in [0.15, 0.2) is 5.76 Å². The van der Waals surface area contributed by atoms with Gasteiger partial charge in [-0.05, 0) is 38.5 Å². The van der Waals surface area contributed by atoms with Gasteiger partial charge in [-0.3, -0.25) is 0 Å². The average Bonchev–Trinajstić information content (AvgIpc) is 2.93. The van der Waals surface area contributed by atoms with E-state index in [1.165, 1.54) is 0 Å². The molecule has 0 amide bonds. The number of rotatable bonds is 5. The van der Waals surface area contributed by atoms with Crippen LogP contribution < -0.4 is 4.72 Å². The van der Waals surface area contributed by atoms with E-state index < -0.39 is 10.0 Å². The van der Waals surface area contributed by atoms with Crippen molar-refractivity contribution in [1.82, 2.24) is 9.88 Å². The smallest absolute Gasteiger partial charge is 0.245 e. The van der Waals surface area contributed by atoms with Crippen molar-refractivity contribution in [3.8, 4) is 0 Å². The van der Waals surface area contributed by atoms with Gasteiger partial charge in [0.25, 0.3) is 0 Å². The summed E-state index contributed by atoms with van der Waals surface area (Å²) in [5.41, 5.74) is 0.370. The van der Waals surface area contributed by atoms with Crippen LogP contribution in [-0.4, -0.2) is 31.8 Å². The first-order valence-corrected chi connectivity index (χ1v) is 7.97. The second-order valence-electron chi connectivity index (χ2n) is 5.14. The van der Waals surface area contributed by atoms with E-state index in [1.54, 1.807) is 13.8 Å². The zero-order valence-electron chi connectivity index (χ0n) is 11.2. The van der Waals surface area contributed by atoms with Crippen LogP contribution in [0.2, 0.25) is 0 Å². The molecule has 19 heavy (non-hydrogen) atoms. The van der Waals surface area contributed by atoms with Crippen LogP contribution in [0.4, 0.5) is 0 Å². The predicted molar refractivity (Wildman–Crippen MR) is 69.1 cm³/mol. The largest absolute Gasteiger partial charge is 0.396 e. The Bertz CT molecular complexity index is 518. The number of aromatic nitrogens is 1. The number of aliphatic hydroxyl groups excluding tert-OH is 1. The van der Waals surface area contributed by atoms with Crippen LogP contribution in [0.15, 0.2) is 9.42 Å². The van der Waals surface area contributed by atoms with E-state index in [-0.39, 0.29) is 23.3 Å². The number of sulfonamides is 1. The molecule has 2 atom stereocenters. The van der Waals surface area contributed by atoms with Gasteiger partial charge in [-0.2, -0.15) is 0 Å². The third-order valence-corrected chi connectivity index (χ3v) is 5.49. The first kappa shape index (κ1) is 14.5. The molecule has 1 aromatic heterocycles. The SMILES string of the molecule is Cc1noc(C)c1S(=O)(=O)NCC1CCCC1CO. The van der Waals surface area contributed by atoms with Gasteiger partial charge >= 0.3 is 0 Å². The summed E-state index contributed by atoms with van der Waals surface area (Å²) in [5, 5.41) is 12.9. The lowest BCUT2D eigenvalue weighted by Gasteiger charge is -2.17. The second kappa shape index (κ2) is 5.60. The molecule has 1 aliphatic rings. The van der Waals surface area contributed by atoms with Crippen LogP contribution in [0, 0.1) is 25.7 Å². The Balaban J connectivity index is 2.06. The molecular formula is C12H20N2O4S. The molecular weight excluding hydrogens is 268 g/mol. The Morgan fingerprint density at radius 1 is 1.37 bits per heavy atom. The van der Waals surface area contributed by atoms with Crippen LogP contribution in [0.1, 0.15) is 30.7 Å². The van der Waals surface area contributed by atoms with Crippen LogP contribution in [-0.2, 0) is 10.0 Å². The minimum Gasteiger partial charge on any atom is -0.396 e. The molecule has 2 unspecified atom stereocenters. The van der Waals surface area contributed by atoms with Crippen molar-refractivity contribution in [2.45, 2.75) is 38.0 Å². The highest BCUT2D eigenvalue weighted by atomic mass is 32.2. The van der Waals surface area contributed by atoms with Crippen molar-refractivity contribution in [3.05, 3.63) is 11.5 Å². The van der Waals surface area contributed by atoms with E-state index in [0.717, 1.165) is 19.3 Å². The summed E-state index contributed by atoms with van der Waals surface area (Å²) < 4.78 is 31.9. The van der Waals surface area contributed by atoms with E-state index in [9.17, 15) is 13.5 Å². The van der Waals surface area contributed by atoms with Crippen LogP contribution in [0.3, 0.4) is 0 Å². The van der Waals surface area contributed by atoms with Gasteiger partial charge in [0.2, 0.25) is 10.0 Å². The van der Waals surface area contributed by atoms with Gasteiger partial charge < -0.3 is 9.63 Å². The Morgan fingerprint density at radius 2 is 2.05 bits per heavy atom. The quantitative estimate of drug-likeness (QED) is 0.842. The van der Waals surface area contributed by atoms with Gasteiger partial charge in [0.05, 0.1) is 0 Å². The zero-order chi connectivity index (χ0) is 14.0. The second-order valence-corrected chi connectivity index (χ2v) is 6.84. The molecule has 1 heterocycles. The number of nitrogens with one attached hydrogen (secondary N) is 1. The first-order chi connectivity index (χ1) is 8.95. The molecule has 1 fully saturated rings. The number of nitrogens with zero attached hydrogens (tertiary/aromatic N) is 1. The summed E-state index contributed by atoms with van der Waals surface area (Å²) >= 11 is 0. The predicted octanol–water partition coefficient (Wildman–Crippen LogP) is 0.978. The van der Waals surface area contributed by atoms with Gasteiger partial charge in [0.1, 0.15) is 10.6 Å².